The van der Waals surface area contributed by atoms with Crippen molar-refractivity contribution in [2.75, 3.05) is 31.1 Å². The first-order valence-electron chi connectivity index (χ1n) is 8.06. The maximum Gasteiger partial charge on any atom is 0.254 e. The quantitative estimate of drug-likeness (QED) is 0.741. The number of fused-ring (bicyclic) bond motifs is 1. The monoisotopic (exact) mass is 374 g/mol. The Morgan fingerprint density at radius 3 is 2.48 bits per heavy atom. The molecule has 3 aromatic rings. The summed E-state index contributed by atoms with van der Waals surface area (Å²) in [5.74, 6) is 0.825. The molecule has 0 atom stereocenters. The van der Waals surface area contributed by atoms with Crippen molar-refractivity contribution in [3.8, 4) is 0 Å². The van der Waals surface area contributed by atoms with E-state index in [1.54, 1.807) is 18.2 Å². The van der Waals surface area contributed by atoms with Crippen LogP contribution in [-0.2, 0) is 0 Å². The van der Waals surface area contributed by atoms with E-state index in [2.05, 4.69) is 14.9 Å². The molecule has 5 nitrogen and oxygen atoms in total. The van der Waals surface area contributed by atoms with Crippen LogP contribution in [0.3, 0.4) is 0 Å². The lowest BCUT2D eigenvalue weighted by Crippen LogP contribution is -2.49. The van der Waals surface area contributed by atoms with Gasteiger partial charge in [-0.05, 0) is 30.3 Å². The van der Waals surface area contributed by atoms with Crippen LogP contribution in [0, 0.1) is 0 Å². The molecule has 25 heavy (non-hydrogen) atoms. The molecule has 1 aliphatic heterocycles. The molecule has 0 radical (unpaired) electrons. The van der Waals surface area contributed by atoms with Crippen LogP contribution in [0.2, 0.25) is 10.0 Å². The number of amides is 1. The Hall–Kier alpha value is -2.24. The van der Waals surface area contributed by atoms with Gasteiger partial charge in [-0.25, -0.2) is 4.98 Å². The smallest absolute Gasteiger partial charge is 0.254 e. The second-order valence-corrected chi connectivity index (χ2v) is 6.80. The van der Waals surface area contributed by atoms with Gasteiger partial charge < -0.3 is 14.8 Å². The van der Waals surface area contributed by atoms with Crippen molar-refractivity contribution in [1.29, 1.82) is 0 Å². The Kier molecular flexibility index (Phi) is 4.27. The van der Waals surface area contributed by atoms with E-state index in [-0.39, 0.29) is 5.91 Å². The molecule has 2 heterocycles. The van der Waals surface area contributed by atoms with Gasteiger partial charge >= 0.3 is 0 Å². The Morgan fingerprint density at radius 1 is 1.00 bits per heavy atom. The van der Waals surface area contributed by atoms with Crippen LogP contribution in [0.15, 0.2) is 42.5 Å². The zero-order chi connectivity index (χ0) is 17.4. The van der Waals surface area contributed by atoms with Crippen molar-refractivity contribution < 1.29 is 4.79 Å². The number of H-pyrrole nitrogens is 1. The molecule has 1 aliphatic rings. The standard InChI is InChI=1S/C18H16Cl2N4O/c19-13-6-5-12(11-14(13)20)17(25)23-7-9-24(10-8-23)18-21-15-3-1-2-4-16(15)22-18/h1-6,11H,7-10H2,(H,21,22). The number of carbonyl (C=O) groups excluding carboxylic acids is 1. The topological polar surface area (TPSA) is 52.2 Å². The number of para-hydroxylation sites is 2. The van der Waals surface area contributed by atoms with Crippen LogP contribution < -0.4 is 4.90 Å². The molecular formula is C18H16Cl2N4O. The van der Waals surface area contributed by atoms with E-state index in [9.17, 15) is 4.79 Å². The first-order chi connectivity index (χ1) is 12.1. The van der Waals surface area contributed by atoms with Gasteiger partial charge in [-0.3, -0.25) is 4.79 Å². The fourth-order valence-corrected chi connectivity index (χ4v) is 3.32. The van der Waals surface area contributed by atoms with Crippen LogP contribution in [0.25, 0.3) is 11.0 Å². The molecular weight excluding hydrogens is 359 g/mol. The predicted octanol–water partition coefficient (Wildman–Crippen LogP) is 3.83. The lowest BCUT2D eigenvalue weighted by molar-refractivity contribution is 0.0746. The van der Waals surface area contributed by atoms with Gasteiger partial charge in [0.25, 0.3) is 5.91 Å². The van der Waals surface area contributed by atoms with Crippen molar-refractivity contribution in [3.63, 3.8) is 0 Å². The second-order valence-electron chi connectivity index (χ2n) is 5.99. The van der Waals surface area contributed by atoms with Gasteiger partial charge in [0, 0.05) is 31.7 Å². The number of carbonyl (C=O) groups is 1. The Balaban J connectivity index is 1.45. The minimum atomic E-state index is -0.0252. The molecule has 0 spiro atoms. The molecule has 2 aromatic carbocycles. The van der Waals surface area contributed by atoms with Crippen molar-refractivity contribution in [1.82, 2.24) is 14.9 Å². The number of halogens is 2. The number of nitrogens with zero attached hydrogens (tertiary/aromatic N) is 3. The summed E-state index contributed by atoms with van der Waals surface area (Å²) in [6.07, 6.45) is 0. The minimum Gasteiger partial charge on any atom is -0.339 e. The highest BCUT2D eigenvalue weighted by Crippen LogP contribution is 2.24. The molecule has 1 saturated heterocycles. The van der Waals surface area contributed by atoms with Gasteiger partial charge in [0.1, 0.15) is 0 Å². The molecule has 7 heteroatoms. The third-order valence-electron chi connectivity index (χ3n) is 4.41. The molecule has 1 N–H and O–H groups in total. The van der Waals surface area contributed by atoms with Crippen molar-refractivity contribution in [3.05, 3.63) is 58.1 Å². The van der Waals surface area contributed by atoms with Gasteiger partial charge in [0.15, 0.2) is 0 Å². The third-order valence-corrected chi connectivity index (χ3v) is 5.15. The first-order valence-corrected chi connectivity index (χ1v) is 8.81. The summed E-state index contributed by atoms with van der Waals surface area (Å²) in [6.45, 7) is 2.73. The summed E-state index contributed by atoms with van der Waals surface area (Å²) in [6, 6.07) is 12.9. The highest BCUT2D eigenvalue weighted by molar-refractivity contribution is 6.42. The molecule has 1 fully saturated rings. The number of hydrogen-bond acceptors (Lipinski definition) is 3. The third kappa shape index (κ3) is 3.17. The zero-order valence-electron chi connectivity index (χ0n) is 13.4. The number of aromatic amines is 1. The average Bonchev–Trinajstić information content (AvgIpc) is 3.08. The van der Waals surface area contributed by atoms with Crippen molar-refractivity contribution in [2.24, 2.45) is 0 Å². The number of anilines is 1. The summed E-state index contributed by atoms with van der Waals surface area (Å²) < 4.78 is 0. The van der Waals surface area contributed by atoms with Crippen molar-refractivity contribution >= 4 is 46.1 Å². The number of benzene rings is 2. The highest BCUT2D eigenvalue weighted by Gasteiger charge is 2.24. The van der Waals surface area contributed by atoms with Gasteiger partial charge in [-0.2, -0.15) is 0 Å². The molecule has 1 aromatic heterocycles. The number of imidazole rings is 1. The Bertz CT molecular complexity index is 899. The zero-order valence-corrected chi connectivity index (χ0v) is 14.9. The van der Waals surface area contributed by atoms with Crippen LogP contribution in [0.5, 0.6) is 0 Å². The fraction of sp³-hybridized carbons (Fsp3) is 0.222. The van der Waals surface area contributed by atoms with Gasteiger partial charge in [-0.1, -0.05) is 35.3 Å². The largest absolute Gasteiger partial charge is 0.339 e. The lowest BCUT2D eigenvalue weighted by Gasteiger charge is -2.34. The fourth-order valence-electron chi connectivity index (χ4n) is 3.02. The number of hydrogen-bond donors (Lipinski definition) is 1. The van der Waals surface area contributed by atoms with Crippen LogP contribution in [-0.4, -0.2) is 47.0 Å². The predicted molar refractivity (Wildman–Crippen MR) is 101 cm³/mol. The van der Waals surface area contributed by atoms with Gasteiger partial charge in [0.2, 0.25) is 5.95 Å². The average molecular weight is 375 g/mol. The van der Waals surface area contributed by atoms with E-state index >= 15 is 0 Å². The van der Waals surface area contributed by atoms with E-state index in [4.69, 9.17) is 23.2 Å². The molecule has 1 amide bonds. The van der Waals surface area contributed by atoms with Crippen LogP contribution in [0.4, 0.5) is 5.95 Å². The summed E-state index contributed by atoms with van der Waals surface area (Å²) in [7, 11) is 0. The number of nitrogens with one attached hydrogen (secondary N) is 1. The minimum absolute atomic E-state index is 0.0252. The summed E-state index contributed by atoms with van der Waals surface area (Å²) in [5.41, 5.74) is 2.53. The summed E-state index contributed by atoms with van der Waals surface area (Å²) in [4.78, 5) is 24.6. The molecule has 0 unspecified atom stereocenters. The first kappa shape index (κ1) is 16.2. The molecule has 4 rings (SSSR count). The maximum atomic E-state index is 12.6. The van der Waals surface area contributed by atoms with Crippen LogP contribution >= 0.6 is 23.2 Å². The van der Waals surface area contributed by atoms with E-state index in [0.29, 0.717) is 28.7 Å². The van der Waals surface area contributed by atoms with Crippen molar-refractivity contribution in [2.45, 2.75) is 0 Å². The SMILES string of the molecule is O=C(c1ccc(Cl)c(Cl)c1)N1CCN(c2nc3ccccc3[nH]2)CC1. The van der Waals surface area contributed by atoms with Crippen LogP contribution in [0.1, 0.15) is 10.4 Å². The Morgan fingerprint density at radius 2 is 1.76 bits per heavy atom. The van der Waals surface area contributed by atoms with Gasteiger partial charge in [-0.15, -0.1) is 0 Å². The number of rotatable bonds is 2. The maximum absolute atomic E-state index is 12.6. The molecule has 0 aliphatic carbocycles. The van der Waals surface area contributed by atoms with E-state index < -0.39 is 0 Å². The van der Waals surface area contributed by atoms with Gasteiger partial charge in [0.05, 0.1) is 21.1 Å². The molecule has 0 bridgehead atoms. The summed E-state index contributed by atoms with van der Waals surface area (Å²) in [5, 5.41) is 0.848. The Labute approximate surface area is 155 Å². The van der Waals surface area contributed by atoms with E-state index in [1.165, 1.54) is 0 Å². The van der Waals surface area contributed by atoms with E-state index in [1.807, 2.05) is 29.2 Å². The molecule has 0 saturated carbocycles. The molecule has 128 valence electrons. The number of piperazine rings is 1. The highest BCUT2D eigenvalue weighted by atomic mass is 35.5. The summed E-state index contributed by atoms with van der Waals surface area (Å²) >= 11 is 11.9. The van der Waals surface area contributed by atoms with E-state index in [0.717, 1.165) is 30.1 Å². The lowest BCUT2D eigenvalue weighted by atomic mass is 10.2. The number of aromatic nitrogens is 2. The second kappa shape index (κ2) is 6.58. The normalized spacial score (nSPS) is 15.0.